The SMILES string of the molecule is CCOC(=O)C(C(=O)N1CCC(C(C)(C)C)C1)C(C)(C)C. The lowest BCUT2D eigenvalue weighted by Gasteiger charge is -2.32. The number of likely N-dealkylation sites (tertiary alicyclic amines) is 1. The predicted molar refractivity (Wildman–Crippen MR) is 83.7 cm³/mol. The largest absolute Gasteiger partial charge is 0.465 e. The highest BCUT2D eigenvalue weighted by Crippen LogP contribution is 2.36. The third kappa shape index (κ3) is 4.45. The van der Waals surface area contributed by atoms with Crippen molar-refractivity contribution in [1.29, 1.82) is 0 Å². The van der Waals surface area contributed by atoms with Gasteiger partial charge in [-0.3, -0.25) is 9.59 Å². The fourth-order valence-electron chi connectivity index (χ4n) is 2.90. The van der Waals surface area contributed by atoms with Gasteiger partial charge in [-0.2, -0.15) is 0 Å². The number of amides is 1. The Kier molecular flexibility index (Phi) is 5.46. The molecule has 1 rings (SSSR count). The van der Waals surface area contributed by atoms with E-state index >= 15 is 0 Å². The molecule has 2 unspecified atom stereocenters. The number of carbonyl (C=O) groups excluding carboxylic acids is 2. The van der Waals surface area contributed by atoms with E-state index in [9.17, 15) is 9.59 Å². The third-order valence-electron chi connectivity index (χ3n) is 4.36. The Morgan fingerprint density at radius 1 is 1.19 bits per heavy atom. The first kappa shape index (κ1) is 18.0. The summed E-state index contributed by atoms with van der Waals surface area (Å²) < 4.78 is 5.12. The fourth-order valence-corrected chi connectivity index (χ4v) is 2.90. The number of ether oxygens (including phenoxy) is 1. The smallest absolute Gasteiger partial charge is 0.319 e. The van der Waals surface area contributed by atoms with Gasteiger partial charge >= 0.3 is 5.97 Å². The number of esters is 1. The quantitative estimate of drug-likeness (QED) is 0.594. The molecule has 1 heterocycles. The van der Waals surface area contributed by atoms with Crippen molar-refractivity contribution in [2.45, 2.75) is 54.9 Å². The minimum absolute atomic E-state index is 0.0762. The van der Waals surface area contributed by atoms with Crippen LogP contribution in [0.15, 0.2) is 0 Å². The van der Waals surface area contributed by atoms with Gasteiger partial charge in [0.2, 0.25) is 5.91 Å². The molecule has 0 aromatic heterocycles. The highest BCUT2D eigenvalue weighted by atomic mass is 16.5. The summed E-state index contributed by atoms with van der Waals surface area (Å²) in [5.41, 5.74) is -0.237. The molecule has 0 N–H and O–H groups in total. The topological polar surface area (TPSA) is 46.6 Å². The van der Waals surface area contributed by atoms with Crippen molar-refractivity contribution in [3.05, 3.63) is 0 Å². The van der Waals surface area contributed by atoms with E-state index in [1.807, 2.05) is 25.7 Å². The Hall–Kier alpha value is -1.06. The molecule has 0 aromatic rings. The second-order valence-electron chi connectivity index (χ2n) is 8.19. The lowest BCUT2D eigenvalue weighted by molar-refractivity contribution is -0.160. The molecule has 0 radical (unpaired) electrons. The number of carbonyl (C=O) groups is 2. The molecule has 4 heteroatoms. The van der Waals surface area contributed by atoms with Gasteiger partial charge in [-0.25, -0.2) is 0 Å². The monoisotopic (exact) mass is 297 g/mol. The normalized spacial score (nSPS) is 21.3. The van der Waals surface area contributed by atoms with Gasteiger partial charge in [0, 0.05) is 13.1 Å². The summed E-state index contributed by atoms with van der Waals surface area (Å²) in [6.45, 7) is 15.9. The van der Waals surface area contributed by atoms with Crippen LogP contribution in [0.25, 0.3) is 0 Å². The van der Waals surface area contributed by atoms with Crippen LogP contribution in [0.3, 0.4) is 0 Å². The molecule has 122 valence electrons. The van der Waals surface area contributed by atoms with Crippen molar-refractivity contribution in [3.8, 4) is 0 Å². The summed E-state index contributed by atoms with van der Waals surface area (Å²) in [4.78, 5) is 26.9. The van der Waals surface area contributed by atoms with E-state index in [1.54, 1.807) is 6.92 Å². The molecule has 0 saturated carbocycles. The summed E-state index contributed by atoms with van der Waals surface area (Å²) >= 11 is 0. The highest BCUT2D eigenvalue weighted by molar-refractivity contribution is 5.98. The lowest BCUT2D eigenvalue weighted by atomic mass is 9.79. The van der Waals surface area contributed by atoms with Crippen LogP contribution < -0.4 is 0 Å². The van der Waals surface area contributed by atoms with E-state index in [4.69, 9.17) is 4.74 Å². The van der Waals surface area contributed by atoms with Gasteiger partial charge in [-0.15, -0.1) is 0 Å². The second kappa shape index (κ2) is 6.37. The molecule has 1 aliphatic heterocycles. The maximum atomic E-state index is 12.8. The highest BCUT2D eigenvalue weighted by Gasteiger charge is 2.44. The number of hydrogen-bond acceptors (Lipinski definition) is 3. The Labute approximate surface area is 129 Å². The average Bonchev–Trinajstić information content (AvgIpc) is 2.75. The number of rotatable bonds is 3. The van der Waals surface area contributed by atoms with Crippen molar-refractivity contribution in [3.63, 3.8) is 0 Å². The van der Waals surface area contributed by atoms with Crippen molar-refractivity contribution in [1.82, 2.24) is 4.90 Å². The molecule has 21 heavy (non-hydrogen) atoms. The molecule has 0 aliphatic carbocycles. The zero-order chi connectivity index (χ0) is 16.4. The summed E-state index contributed by atoms with van der Waals surface area (Å²) in [6.07, 6.45) is 1.01. The minimum atomic E-state index is -0.712. The van der Waals surface area contributed by atoms with Crippen LogP contribution in [0, 0.1) is 22.7 Å². The van der Waals surface area contributed by atoms with E-state index < -0.39 is 17.3 Å². The van der Waals surface area contributed by atoms with Crippen LogP contribution >= 0.6 is 0 Å². The molecule has 2 atom stereocenters. The molecular weight excluding hydrogens is 266 g/mol. The first-order chi connectivity index (χ1) is 9.48. The van der Waals surface area contributed by atoms with Gasteiger partial charge in [0.1, 0.15) is 5.92 Å². The fraction of sp³-hybridized carbons (Fsp3) is 0.882. The van der Waals surface area contributed by atoms with Gasteiger partial charge in [0.25, 0.3) is 0 Å². The van der Waals surface area contributed by atoms with Crippen molar-refractivity contribution in [2.24, 2.45) is 22.7 Å². The van der Waals surface area contributed by atoms with Crippen LogP contribution in [0.2, 0.25) is 0 Å². The third-order valence-corrected chi connectivity index (χ3v) is 4.36. The summed E-state index contributed by atoms with van der Waals surface area (Å²) in [5, 5.41) is 0. The first-order valence-electron chi connectivity index (χ1n) is 7.94. The van der Waals surface area contributed by atoms with Crippen LogP contribution in [0.5, 0.6) is 0 Å². The molecule has 0 aromatic carbocycles. The van der Waals surface area contributed by atoms with Gasteiger partial charge in [-0.1, -0.05) is 41.5 Å². The summed E-state index contributed by atoms with van der Waals surface area (Å²) in [6, 6.07) is 0. The zero-order valence-corrected chi connectivity index (χ0v) is 14.7. The van der Waals surface area contributed by atoms with E-state index in [1.165, 1.54) is 0 Å². The Bertz CT molecular complexity index is 390. The van der Waals surface area contributed by atoms with Gasteiger partial charge < -0.3 is 9.64 Å². The second-order valence-corrected chi connectivity index (χ2v) is 8.19. The molecule has 1 fully saturated rings. The van der Waals surface area contributed by atoms with Crippen LogP contribution in [0.1, 0.15) is 54.9 Å². The standard InChI is InChI=1S/C17H31NO3/c1-8-21-15(20)13(17(5,6)7)14(19)18-10-9-12(11-18)16(2,3)4/h12-13H,8-11H2,1-7H3. The molecule has 0 spiro atoms. The van der Waals surface area contributed by atoms with Crippen LogP contribution in [-0.2, 0) is 14.3 Å². The molecule has 1 amide bonds. The number of hydrogen-bond donors (Lipinski definition) is 0. The van der Waals surface area contributed by atoms with E-state index in [0.29, 0.717) is 12.5 Å². The summed E-state index contributed by atoms with van der Waals surface area (Å²) in [5.74, 6) is -0.692. The Balaban J connectivity index is 2.86. The molecule has 4 nitrogen and oxygen atoms in total. The maximum Gasteiger partial charge on any atom is 0.319 e. The van der Waals surface area contributed by atoms with Gasteiger partial charge in [-0.05, 0) is 30.1 Å². The Morgan fingerprint density at radius 3 is 2.14 bits per heavy atom. The lowest BCUT2D eigenvalue weighted by Crippen LogP contribution is -2.45. The van der Waals surface area contributed by atoms with Crippen LogP contribution in [0.4, 0.5) is 0 Å². The van der Waals surface area contributed by atoms with Crippen molar-refractivity contribution >= 4 is 11.9 Å². The van der Waals surface area contributed by atoms with E-state index in [-0.39, 0.29) is 11.3 Å². The van der Waals surface area contributed by atoms with E-state index in [2.05, 4.69) is 20.8 Å². The average molecular weight is 297 g/mol. The van der Waals surface area contributed by atoms with E-state index in [0.717, 1.165) is 19.5 Å². The first-order valence-corrected chi connectivity index (χ1v) is 7.94. The summed E-state index contributed by atoms with van der Waals surface area (Å²) in [7, 11) is 0. The maximum absolute atomic E-state index is 12.8. The van der Waals surface area contributed by atoms with Crippen LogP contribution in [-0.4, -0.2) is 36.5 Å². The molecule has 1 saturated heterocycles. The van der Waals surface area contributed by atoms with Gasteiger partial charge in [0.15, 0.2) is 0 Å². The molecule has 1 aliphatic rings. The van der Waals surface area contributed by atoms with Crippen molar-refractivity contribution in [2.75, 3.05) is 19.7 Å². The Morgan fingerprint density at radius 2 is 1.76 bits per heavy atom. The molecule has 0 bridgehead atoms. The zero-order valence-electron chi connectivity index (χ0n) is 14.7. The minimum Gasteiger partial charge on any atom is -0.465 e. The molecular formula is C17H31NO3. The number of nitrogens with zero attached hydrogens (tertiary/aromatic N) is 1. The van der Waals surface area contributed by atoms with Crippen molar-refractivity contribution < 1.29 is 14.3 Å². The predicted octanol–water partition coefficient (Wildman–Crippen LogP) is 3.11. The van der Waals surface area contributed by atoms with Gasteiger partial charge in [0.05, 0.1) is 6.61 Å².